The van der Waals surface area contributed by atoms with Crippen molar-refractivity contribution in [1.82, 2.24) is 4.72 Å². The summed E-state index contributed by atoms with van der Waals surface area (Å²) < 4.78 is 27.1. The highest BCUT2D eigenvalue weighted by molar-refractivity contribution is 7.89. The highest BCUT2D eigenvalue weighted by Gasteiger charge is 2.32. The van der Waals surface area contributed by atoms with E-state index in [2.05, 4.69) is 4.72 Å². The predicted octanol–water partition coefficient (Wildman–Crippen LogP) is 1.25. The Balaban J connectivity index is 3.18. The van der Waals surface area contributed by atoms with Gasteiger partial charge in [0.2, 0.25) is 10.0 Å². The lowest BCUT2D eigenvalue weighted by molar-refractivity contribution is -0.385. The fourth-order valence-electron chi connectivity index (χ4n) is 1.53. The normalized spacial score (nSPS) is 15.1. The molecule has 0 aliphatic carbocycles. The maximum Gasteiger partial charge on any atom is 0.270 e. The lowest BCUT2D eigenvalue weighted by Crippen LogP contribution is -2.54. The third kappa shape index (κ3) is 3.53. The summed E-state index contributed by atoms with van der Waals surface area (Å²) in [5.41, 5.74) is 4.55. The van der Waals surface area contributed by atoms with Crippen molar-refractivity contribution in [3.8, 4) is 0 Å². The van der Waals surface area contributed by atoms with Crippen LogP contribution in [0.4, 0.5) is 5.69 Å². The molecule has 1 atom stereocenters. The maximum atomic E-state index is 12.3. The number of rotatable bonds is 6. The first-order valence-corrected chi connectivity index (χ1v) is 7.59. The Kier molecular flexibility index (Phi) is 4.85. The van der Waals surface area contributed by atoms with E-state index in [1.807, 2.05) is 13.8 Å². The summed E-state index contributed by atoms with van der Waals surface area (Å²) in [5.74, 6) is -0.0269. The molecule has 0 heterocycles. The fourth-order valence-corrected chi connectivity index (χ4v) is 3.11. The number of nitrogens with two attached hydrogens (primary N) is 1. The summed E-state index contributed by atoms with van der Waals surface area (Å²) >= 11 is 0. The molecule has 0 spiro atoms. The highest BCUT2D eigenvalue weighted by Crippen LogP contribution is 2.22. The summed E-state index contributed by atoms with van der Waals surface area (Å²) in [5, 5.41) is 10.7. The second-order valence-electron chi connectivity index (χ2n) is 5.14. The third-order valence-corrected chi connectivity index (χ3v) is 5.01. The molecule has 20 heavy (non-hydrogen) atoms. The molecule has 8 heteroatoms. The summed E-state index contributed by atoms with van der Waals surface area (Å²) in [4.78, 5) is 9.92. The molecule has 0 aliphatic rings. The Labute approximate surface area is 118 Å². The van der Waals surface area contributed by atoms with Crippen molar-refractivity contribution >= 4 is 15.7 Å². The Bertz CT molecular complexity index is 600. The minimum Gasteiger partial charge on any atom is -0.329 e. The summed E-state index contributed by atoms with van der Waals surface area (Å²) in [6, 6.07) is 4.91. The number of nitrogens with zero attached hydrogens (tertiary/aromatic N) is 1. The van der Waals surface area contributed by atoms with Crippen LogP contribution >= 0.6 is 0 Å². The first-order chi connectivity index (χ1) is 9.12. The van der Waals surface area contributed by atoms with Crippen LogP contribution in [0.15, 0.2) is 29.2 Å². The molecule has 0 radical (unpaired) electrons. The molecule has 3 N–H and O–H groups in total. The number of nitro groups is 1. The van der Waals surface area contributed by atoms with Crippen molar-refractivity contribution < 1.29 is 13.3 Å². The van der Waals surface area contributed by atoms with E-state index in [0.717, 1.165) is 6.07 Å². The molecule has 0 fully saturated rings. The van der Waals surface area contributed by atoms with Crippen LogP contribution in [0, 0.1) is 16.0 Å². The fraction of sp³-hybridized carbons (Fsp3) is 0.500. The molecule has 1 rings (SSSR count). The zero-order valence-electron chi connectivity index (χ0n) is 11.7. The van der Waals surface area contributed by atoms with Gasteiger partial charge < -0.3 is 5.73 Å². The molecule has 0 saturated heterocycles. The minimum atomic E-state index is -3.87. The molecule has 0 aromatic heterocycles. The van der Waals surface area contributed by atoms with Crippen molar-refractivity contribution in [2.45, 2.75) is 31.2 Å². The van der Waals surface area contributed by atoms with Gasteiger partial charge in [-0.05, 0) is 18.9 Å². The van der Waals surface area contributed by atoms with Crippen molar-refractivity contribution in [1.29, 1.82) is 0 Å². The average Bonchev–Trinajstić information content (AvgIpc) is 2.38. The molecule has 0 amide bonds. The van der Waals surface area contributed by atoms with Crippen LogP contribution in [0.3, 0.4) is 0 Å². The summed E-state index contributed by atoms with van der Waals surface area (Å²) in [6.07, 6.45) is 0. The van der Waals surface area contributed by atoms with Crippen LogP contribution in [-0.2, 0) is 10.0 Å². The Morgan fingerprint density at radius 3 is 2.50 bits per heavy atom. The van der Waals surface area contributed by atoms with Gasteiger partial charge in [0, 0.05) is 24.2 Å². The van der Waals surface area contributed by atoms with E-state index in [1.54, 1.807) is 6.92 Å². The third-order valence-electron chi connectivity index (χ3n) is 3.40. The van der Waals surface area contributed by atoms with Gasteiger partial charge in [0.1, 0.15) is 0 Å². The lowest BCUT2D eigenvalue weighted by Gasteiger charge is -2.33. The zero-order chi connectivity index (χ0) is 15.6. The summed E-state index contributed by atoms with van der Waals surface area (Å²) in [7, 11) is -3.87. The van der Waals surface area contributed by atoms with Crippen molar-refractivity contribution in [3.05, 3.63) is 34.4 Å². The van der Waals surface area contributed by atoms with E-state index in [-0.39, 0.29) is 23.0 Å². The molecule has 112 valence electrons. The van der Waals surface area contributed by atoms with E-state index in [1.165, 1.54) is 18.2 Å². The van der Waals surface area contributed by atoms with E-state index >= 15 is 0 Å². The highest BCUT2D eigenvalue weighted by atomic mass is 32.2. The van der Waals surface area contributed by atoms with Gasteiger partial charge in [-0.1, -0.05) is 19.9 Å². The van der Waals surface area contributed by atoms with Crippen molar-refractivity contribution in [2.24, 2.45) is 11.7 Å². The van der Waals surface area contributed by atoms with Crippen LogP contribution in [0.5, 0.6) is 0 Å². The smallest absolute Gasteiger partial charge is 0.270 e. The molecule has 1 aromatic carbocycles. The van der Waals surface area contributed by atoms with Gasteiger partial charge in [0.05, 0.1) is 9.82 Å². The minimum absolute atomic E-state index is 0.0269. The topological polar surface area (TPSA) is 115 Å². The van der Waals surface area contributed by atoms with Crippen LogP contribution in [0.25, 0.3) is 0 Å². The maximum absolute atomic E-state index is 12.3. The zero-order valence-corrected chi connectivity index (χ0v) is 12.5. The number of nitro benzene ring substituents is 1. The van der Waals surface area contributed by atoms with E-state index < -0.39 is 20.5 Å². The van der Waals surface area contributed by atoms with Gasteiger partial charge in [-0.25, -0.2) is 13.1 Å². The summed E-state index contributed by atoms with van der Waals surface area (Å²) in [6.45, 7) is 5.52. The van der Waals surface area contributed by atoms with Crippen LogP contribution in [-0.4, -0.2) is 25.4 Å². The largest absolute Gasteiger partial charge is 0.329 e. The Hall–Kier alpha value is -1.51. The van der Waals surface area contributed by atoms with Gasteiger partial charge in [-0.3, -0.25) is 10.1 Å². The number of sulfonamides is 1. The number of hydrogen-bond donors (Lipinski definition) is 2. The number of non-ortho nitro benzene ring substituents is 1. The van der Waals surface area contributed by atoms with Crippen LogP contribution < -0.4 is 10.5 Å². The van der Waals surface area contributed by atoms with Crippen LogP contribution in [0.1, 0.15) is 20.8 Å². The van der Waals surface area contributed by atoms with Crippen molar-refractivity contribution in [2.75, 3.05) is 6.54 Å². The first-order valence-electron chi connectivity index (χ1n) is 6.11. The van der Waals surface area contributed by atoms with E-state index in [0.29, 0.717) is 0 Å². The van der Waals surface area contributed by atoms with E-state index in [9.17, 15) is 18.5 Å². The molecule has 0 saturated carbocycles. The molecule has 0 bridgehead atoms. The molecule has 1 aromatic rings. The molecule has 1 unspecified atom stereocenters. The molecular formula is C12H19N3O4S. The number of hydrogen-bond acceptors (Lipinski definition) is 5. The second-order valence-corrected chi connectivity index (χ2v) is 6.82. The standard InChI is InChI=1S/C12H19N3O4S/c1-9(2)12(3,8-13)14-20(18,19)11-6-4-5-10(7-11)15(16)17/h4-7,9,14H,8,13H2,1-3H3. The van der Waals surface area contributed by atoms with Gasteiger partial charge >= 0.3 is 0 Å². The molecule has 0 aliphatic heterocycles. The van der Waals surface area contributed by atoms with Gasteiger partial charge in [0.25, 0.3) is 5.69 Å². The average molecular weight is 301 g/mol. The molecular weight excluding hydrogens is 282 g/mol. The van der Waals surface area contributed by atoms with Crippen LogP contribution in [0.2, 0.25) is 0 Å². The van der Waals surface area contributed by atoms with Gasteiger partial charge in [-0.15, -0.1) is 0 Å². The van der Waals surface area contributed by atoms with E-state index in [4.69, 9.17) is 5.73 Å². The quantitative estimate of drug-likeness (QED) is 0.606. The number of nitrogens with one attached hydrogen (secondary N) is 1. The first kappa shape index (κ1) is 16.5. The van der Waals surface area contributed by atoms with Gasteiger partial charge in [0.15, 0.2) is 0 Å². The second kappa shape index (κ2) is 5.86. The number of benzene rings is 1. The monoisotopic (exact) mass is 301 g/mol. The Morgan fingerprint density at radius 2 is 2.05 bits per heavy atom. The Morgan fingerprint density at radius 1 is 1.45 bits per heavy atom. The SMILES string of the molecule is CC(C)C(C)(CN)NS(=O)(=O)c1cccc([N+](=O)[O-])c1. The van der Waals surface area contributed by atoms with Crippen molar-refractivity contribution in [3.63, 3.8) is 0 Å². The lowest BCUT2D eigenvalue weighted by atomic mass is 9.90. The predicted molar refractivity (Wildman–Crippen MR) is 75.7 cm³/mol. The molecule has 7 nitrogen and oxygen atoms in total. The van der Waals surface area contributed by atoms with Gasteiger partial charge in [-0.2, -0.15) is 0 Å².